The summed E-state index contributed by atoms with van der Waals surface area (Å²) in [5.41, 5.74) is 5.53. The average Bonchev–Trinajstić information content (AvgIpc) is 3.05. The van der Waals surface area contributed by atoms with Gasteiger partial charge in [-0.3, -0.25) is 0 Å². The molecule has 0 aliphatic heterocycles. The van der Waals surface area contributed by atoms with Crippen molar-refractivity contribution in [1.82, 2.24) is 5.32 Å². The number of hydrogen-bond donors (Lipinski definition) is 2. The molecule has 3 aromatic rings. The first-order chi connectivity index (χ1) is 14.1. The Balaban J connectivity index is 1.34. The fourth-order valence-corrected chi connectivity index (χ4v) is 3.87. The fourth-order valence-electron chi connectivity index (χ4n) is 3.63. The van der Waals surface area contributed by atoms with Crippen LogP contribution in [0.15, 0.2) is 72.8 Å². The van der Waals surface area contributed by atoms with E-state index in [-0.39, 0.29) is 18.3 Å². The summed E-state index contributed by atoms with van der Waals surface area (Å²) in [6, 6.07) is 21.2. The largest absolute Gasteiger partial charge is 0.508 e. The fraction of sp³-hybridized carbons (Fsp3) is 0.125. The van der Waals surface area contributed by atoms with Crippen molar-refractivity contribution in [3.8, 4) is 16.9 Å². The topological polar surface area (TPSA) is 58.6 Å². The highest BCUT2D eigenvalue weighted by atomic mass is 35.5. The first-order valence-corrected chi connectivity index (χ1v) is 9.75. The molecule has 0 saturated carbocycles. The number of alkyl carbamates (subject to hydrolysis) is 1. The first kappa shape index (κ1) is 19.1. The van der Waals surface area contributed by atoms with E-state index in [2.05, 4.69) is 29.6 Å². The van der Waals surface area contributed by atoms with Crippen molar-refractivity contribution in [2.45, 2.75) is 5.92 Å². The van der Waals surface area contributed by atoms with Crippen molar-refractivity contribution in [3.05, 3.63) is 94.5 Å². The van der Waals surface area contributed by atoms with Crippen molar-refractivity contribution in [2.75, 3.05) is 13.2 Å². The number of halogens is 1. The Kier molecular flexibility index (Phi) is 5.54. The summed E-state index contributed by atoms with van der Waals surface area (Å²) in [6.07, 6.45) is 3.10. The lowest BCUT2D eigenvalue weighted by Gasteiger charge is -2.14. The maximum atomic E-state index is 12.1. The van der Waals surface area contributed by atoms with Gasteiger partial charge in [-0.05, 0) is 46.0 Å². The van der Waals surface area contributed by atoms with Gasteiger partial charge >= 0.3 is 6.09 Å². The molecule has 1 aliphatic rings. The molecule has 0 atom stereocenters. The second-order valence-electron chi connectivity index (χ2n) is 6.81. The molecular weight excluding hydrogens is 386 g/mol. The van der Waals surface area contributed by atoms with Crippen LogP contribution in [0, 0.1) is 0 Å². The van der Waals surface area contributed by atoms with Crippen LogP contribution < -0.4 is 5.32 Å². The van der Waals surface area contributed by atoms with Crippen molar-refractivity contribution in [3.63, 3.8) is 0 Å². The minimum Gasteiger partial charge on any atom is -0.508 e. The van der Waals surface area contributed by atoms with Crippen molar-refractivity contribution < 1.29 is 14.6 Å². The quantitative estimate of drug-likeness (QED) is 0.581. The van der Waals surface area contributed by atoms with E-state index in [1.165, 1.54) is 28.3 Å². The van der Waals surface area contributed by atoms with Crippen LogP contribution in [0.25, 0.3) is 17.2 Å². The summed E-state index contributed by atoms with van der Waals surface area (Å²) in [7, 11) is 0. The van der Waals surface area contributed by atoms with Gasteiger partial charge in [-0.15, -0.1) is 0 Å². The van der Waals surface area contributed by atoms with E-state index in [4.69, 9.17) is 16.3 Å². The highest BCUT2D eigenvalue weighted by Crippen LogP contribution is 2.44. The minimum atomic E-state index is -0.465. The number of amides is 1. The third kappa shape index (κ3) is 4.13. The summed E-state index contributed by atoms with van der Waals surface area (Å²) >= 11 is 6.05. The molecule has 3 aromatic carbocycles. The van der Waals surface area contributed by atoms with Crippen LogP contribution in [0.4, 0.5) is 4.79 Å². The van der Waals surface area contributed by atoms with Gasteiger partial charge in [0.1, 0.15) is 12.4 Å². The number of aromatic hydroxyl groups is 1. The molecule has 0 radical (unpaired) electrons. The summed E-state index contributed by atoms with van der Waals surface area (Å²) < 4.78 is 5.49. The Bertz CT molecular complexity index is 1030. The highest BCUT2D eigenvalue weighted by molar-refractivity contribution is 6.32. The molecule has 0 saturated heterocycles. The highest BCUT2D eigenvalue weighted by Gasteiger charge is 2.28. The third-order valence-electron chi connectivity index (χ3n) is 4.99. The molecule has 2 N–H and O–H groups in total. The lowest BCUT2D eigenvalue weighted by Crippen LogP contribution is -2.26. The van der Waals surface area contributed by atoms with Gasteiger partial charge < -0.3 is 15.2 Å². The molecule has 4 nitrogen and oxygen atoms in total. The average molecular weight is 406 g/mol. The monoisotopic (exact) mass is 405 g/mol. The Morgan fingerprint density at radius 1 is 1.03 bits per heavy atom. The molecule has 146 valence electrons. The van der Waals surface area contributed by atoms with Gasteiger partial charge in [-0.1, -0.05) is 72.3 Å². The molecule has 0 bridgehead atoms. The molecule has 4 rings (SSSR count). The standard InChI is InChI=1S/C24H20ClNO3/c25-23-14-17(27)12-11-16(23)6-5-13-26-24(28)29-15-22-20-9-3-1-7-18(20)19-8-2-4-10-21(19)22/h1-12,14,22,27H,13,15H2,(H,26,28). The molecule has 29 heavy (non-hydrogen) atoms. The second-order valence-corrected chi connectivity index (χ2v) is 7.22. The van der Waals surface area contributed by atoms with Crippen LogP contribution in [0.1, 0.15) is 22.6 Å². The zero-order valence-electron chi connectivity index (χ0n) is 15.6. The molecule has 0 fully saturated rings. The lowest BCUT2D eigenvalue weighted by atomic mass is 9.98. The number of phenols is 1. The predicted molar refractivity (Wildman–Crippen MR) is 115 cm³/mol. The maximum absolute atomic E-state index is 12.1. The van der Waals surface area contributed by atoms with E-state index in [1.54, 1.807) is 24.3 Å². The second kappa shape index (κ2) is 8.41. The zero-order valence-corrected chi connectivity index (χ0v) is 16.4. The molecule has 1 aliphatic carbocycles. The van der Waals surface area contributed by atoms with Gasteiger partial charge in [-0.25, -0.2) is 4.79 Å². The number of rotatable bonds is 5. The van der Waals surface area contributed by atoms with E-state index in [1.807, 2.05) is 24.3 Å². The van der Waals surface area contributed by atoms with Gasteiger partial charge in [0, 0.05) is 12.5 Å². The van der Waals surface area contributed by atoms with Crippen molar-refractivity contribution in [1.29, 1.82) is 0 Å². The number of fused-ring (bicyclic) bond motifs is 3. The number of hydrogen-bond acceptors (Lipinski definition) is 3. The molecule has 0 spiro atoms. The minimum absolute atomic E-state index is 0.0412. The van der Waals surface area contributed by atoms with Gasteiger partial charge in [-0.2, -0.15) is 0 Å². The Morgan fingerprint density at radius 3 is 2.34 bits per heavy atom. The smallest absolute Gasteiger partial charge is 0.407 e. The van der Waals surface area contributed by atoms with E-state index >= 15 is 0 Å². The Morgan fingerprint density at radius 2 is 1.69 bits per heavy atom. The summed E-state index contributed by atoms with van der Waals surface area (Å²) in [5, 5.41) is 12.5. The lowest BCUT2D eigenvalue weighted by molar-refractivity contribution is 0.144. The van der Waals surface area contributed by atoms with E-state index in [0.717, 1.165) is 5.56 Å². The van der Waals surface area contributed by atoms with Crippen LogP contribution in [-0.2, 0) is 4.74 Å². The van der Waals surface area contributed by atoms with E-state index in [9.17, 15) is 9.90 Å². The Hall–Kier alpha value is -3.24. The number of nitrogens with one attached hydrogen (secondary N) is 1. The predicted octanol–water partition coefficient (Wildman–Crippen LogP) is 5.60. The van der Waals surface area contributed by atoms with Gasteiger partial charge in [0.05, 0.1) is 5.02 Å². The van der Waals surface area contributed by atoms with E-state index < -0.39 is 6.09 Å². The van der Waals surface area contributed by atoms with Gasteiger partial charge in [0.25, 0.3) is 0 Å². The molecule has 0 aromatic heterocycles. The number of carbonyl (C=O) groups is 1. The van der Waals surface area contributed by atoms with Crippen LogP contribution in [0.2, 0.25) is 5.02 Å². The SMILES string of the molecule is O=C(NCC=Cc1ccc(O)cc1Cl)OCC1c2ccccc2-c2ccccc21. The normalized spacial score (nSPS) is 12.6. The van der Waals surface area contributed by atoms with Crippen molar-refractivity contribution in [2.24, 2.45) is 0 Å². The van der Waals surface area contributed by atoms with Crippen molar-refractivity contribution >= 4 is 23.8 Å². The molecular formula is C24H20ClNO3. The van der Waals surface area contributed by atoms with E-state index in [0.29, 0.717) is 11.6 Å². The third-order valence-corrected chi connectivity index (χ3v) is 5.32. The number of benzene rings is 3. The number of carbonyl (C=O) groups excluding carboxylic acids is 1. The molecule has 1 amide bonds. The molecule has 0 unspecified atom stereocenters. The van der Waals surface area contributed by atoms with Crippen LogP contribution >= 0.6 is 11.6 Å². The molecule has 0 heterocycles. The van der Waals surface area contributed by atoms with Crippen LogP contribution in [-0.4, -0.2) is 24.4 Å². The maximum Gasteiger partial charge on any atom is 0.407 e. The summed E-state index contributed by atoms with van der Waals surface area (Å²) in [6.45, 7) is 0.598. The molecule has 5 heteroatoms. The number of phenolic OH excluding ortho intramolecular Hbond substituents is 1. The summed E-state index contributed by atoms with van der Waals surface area (Å²) in [5.74, 6) is 0.156. The zero-order chi connectivity index (χ0) is 20.2. The van der Waals surface area contributed by atoms with Gasteiger partial charge in [0.2, 0.25) is 0 Å². The first-order valence-electron chi connectivity index (χ1n) is 9.37. The van der Waals surface area contributed by atoms with Crippen LogP contribution in [0.3, 0.4) is 0 Å². The van der Waals surface area contributed by atoms with Gasteiger partial charge in [0.15, 0.2) is 0 Å². The number of ether oxygens (including phenoxy) is 1. The summed E-state index contributed by atoms with van der Waals surface area (Å²) in [4.78, 5) is 12.1. The van der Waals surface area contributed by atoms with Crippen LogP contribution in [0.5, 0.6) is 5.75 Å². The Labute approximate surface area is 174 Å².